The van der Waals surface area contributed by atoms with E-state index in [9.17, 15) is 9.59 Å². The lowest BCUT2D eigenvalue weighted by molar-refractivity contribution is -0.142. The molecule has 5 heteroatoms. The molecule has 3 N–H and O–H groups in total. The van der Waals surface area contributed by atoms with Gasteiger partial charge in [-0.3, -0.25) is 9.59 Å². The van der Waals surface area contributed by atoms with E-state index in [-0.39, 0.29) is 23.8 Å². The fraction of sp³-hybridized carbons (Fsp3) is 0.857. The van der Waals surface area contributed by atoms with Gasteiger partial charge in [0.15, 0.2) is 0 Å². The van der Waals surface area contributed by atoms with E-state index >= 15 is 0 Å². The van der Waals surface area contributed by atoms with Crippen LogP contribution in [0.25, 0.3) is 0 Å². The summed E-state index contributed by atoms with van der Waals surface area (Å²) >= 11 is 0. The molecule has 1 amide bonds. The van der Waals surface area contributed by atoms with Gasteiger partial charge >= 0.3 is 5.97 Å². The van der Waals surface area contributed by atoms with E-state index in [1.54, 1.807) is 4.90 Å². The summed E-state index contributed by atoms with van der Waals surface area (Å²) in [6.45, 7) is 2.80. The standard InChI is InChI=1S/C14H24N2O3/c1-9-7-16(8-11(9)14(18)19)13(17)10-5-3-2-4-6-12(10)15/h9-12H,2-8,15H2,1H3,(H,18,19)/t9-,10?,11-,12?/m1/s1. The highest BCUT2D eigenvalue weighted by Gasteiger charge is 2.40. The lowest BCUT2D eigenvalue weighted by Crippen LogP contribution is -2.43. The maximum Gasteiger partial charge on any atom is 0.308 e. The SMILES string of the molecule is C[C@@H]1CN(C(=O)C2CCCCCC2N)C[C@H]1C(=O)O. The predicted octanol–water partition coefficient (Wildman–Crippen LogP) is 1.07. The molecule has 1 aliphatic carbocycles. The summed E-state index contributed by atoms with van der Waals surface area (Å²) in [6, 6.07) is -0.0609. The summed E-state index contributed by atoms with van der Waals surface area (Å²) < 4.78 is 0. The number of likely N-dealkylation sites (tertiary alicyclic amines) is 1. The second-order valence-corrected chi connectivity index (χ2v) is 6.07. The highest BCUT2D eigenvalue weighted by Crippen LogP contribution is 2.29. The van der Waals surface area contributed by atoms with Crippen LogP contribution in [0.15, 0.2) is 0 Å². The van der Waals surface area contributed by atoms with Crippen molar-refractivity contribution in [1.29, 1.82) is 0 Å². The lowest BCUT2D eigenvalue weighted by atomic mass is 9.94. The van der Waals surface area contributed by atoms with Crippen LogP contribution in [-0.4, -0.2) is 41.0 Å². The van der Waals surface area contributed by atoms with Gasteiger partial charge in [-0.2, -0.15) is 0 Å². The fourth-order valence-corrected chi connectivity index (χ4v) is 3.35. The maximum absolute atomic E-state index is 12.5. The summed E-state index contributed by atoms with van der Waals surface area (Å²) in [7, 11) is 0. The molecule has 108 valence electrons. The van der Waals surface area contributed by atoms with Crippen molar-refractivity contribution in [3.8, 4) is 0 Å². The van der Waals surface area contributed by atoms with Gasteiger partial charge < -0.3 is 15.7 Å². The number of carbonyl (C=O) groups is 2. The zero-order valence-corrected chi connectivity index (χ0v) is 11.5. The number of carboxylic acids is 1. The van der Waals surface area contributed by atoms with Crippen molar-refractivity contribution >= 4 is 11.9 Å². The molecule has 1 aliphatic heterocycles. The molecule has 1 heterocycles. The molecule has 2 fully saturated rings. The Kier molecular flexibility index (Phi) is 4.45. The Bertz CT molecular complexity index is 359. The molecule has 2 rings (SSSR count). The smallest absolute Gasteiger partial charge is 0.308 e. The molecular weight excluding hydrogens is 244 g/mol. The average Bonchev–Trinajstić information content (AvgIpc) is 2.62. The van der Waals surface area contributed by atoms with Crippen LogP contribution in [0.5, 0.6) is 0 Å². The molecule has 19 heavy (non-hydrogen) atoms. The van der Waals surface area contributed by atoms with Crippen LogP contribution in [0, 0.1) is 17.8 Å². The van der Waals surface area contributed by atoms with E-state index in [0.29, 0.717) is 13.1 Å². The Morgan fingerprint density at radius 1 is 1.11 bits per heavy atom. The van der Waals surface area contributed by atoms with Gasteiger partial charge in [0.1, 0.15) is 0 Å². The van der Waals surface area contributed by atoms with Crippen LogP contribution in [0.3, 0.4) is 0 Å². The summed E-state index contributed by atoms with van der Waals surface area (Å²) in [5.74, 6) is -1.23. The number of nitrogens with two attached hydrogens (primary N) is 1. The van der Waals surface area contributed by atoms with Crippen molar-refractivity contribution in [2.45, 2.75) is 45.1 Å². The lowest BCUT2D eigenvalue weighted by Gasteiger charge is -2.26. The minimum Gasteiger partial charge on any atom is -0.481 e. The maximum atomic E-state index is 12.5. The number of aliphatic carboxylic acids is 1. The van der Waals surface area contributed by atoms with Crippen LogP contribution in [0.4, 0.5) is 0 Å². The molecule has 1 saturated carbocycles. The number of rotatable bonds is 2. The van der Waals surface area contributed by atoms with Crippen molar-refractivity contribution in [1.82, 2.24) is 4.90 Å². The highest BCUT2D eigenvalue weighted by molar-refractivity contribution is 5.81. The van der Waals surface area contributed by atoms with Gasteiger partial charge in [0.25, 0.3) is 0 Å². The number of carbonyl (C=O) groups excluding carboxylic acids is 1. The molecule has 0 aromatic heterocycles. The Balaban J connectivity index is 2.01. The second kappa shape index (κ2) is 5.90. The van der Waals surface area contributed by atoms with Gasteiger partial charge in [0, 0.05) is 19.1 Å². The predicted molar refractivity (Wildman–Crippen MR) is 71.4 cm³/mol. The first-order valence-electron chi connectivity index (χ1n) is 7.28. The zero-order chi connectivity index (χ0) is 14.0. The monoisotopic (exact) mass is 268 g/mol. The molecule has 0 aromatic carbocycles. The van der Waals surface area contributed by atoms with Crippen molar-refractivity contribution < 1.29 is 14.7 Å². The molecule has 0 bridgehead atoms. The first-order chi connectivity index (χ1) is 9.00. The highest BCUT2D eigenvalue weighted by atomic mass is 16.4. The van der Waals surface area contributed by atoms with Crippen molar-refractivity contribution in [3.05, 3.63) is 0 Å². The van der Waals surface area contributed by atoms with Crippen LogP contribution in [0.2, 0.25) is 0 Å². The third-order valence-electron chi connectivity index (χ3n) is 4.63. The van der Waals surface area contributed by atoms with Crippen LogP contribution in [-0.2, 0) is 9.59 Å². The molecule has 0 aromatic rings. The largest absolute Gasteiger partial charge is 0.481 e. The minimum absolute atomic E-state index is 0.0310. The molecule has 0 spiro atoms. The summed E-state index contributed by atoms with van der Waals surface area (Å²) in [5.41, 5.74) is 6.11. The first kappa shape index (κ1) is 14.3. The van der Waals surface area contributed by atoms with E-state index in [1.807, 2.05) is 6.92 Å². The summed E-state index contributed by atoms with van der Waals surface area (Å²) in [4.78, 5) is 25.4. The summed E-state index contributed by atoms with van der Waals surface area (Å²) in [6.07, 6.45) is 5.05. The molecule has 2 aliphatic rings. The van der Waals surface area contributed by atoms with Crippen molar-refractivity contribution in [2.75, 3.05) is 13.1 Å². The topological polar surface area (TPSA) is 83.6 Å². The Labute approximate surface area is 114 Å². The number of hydrogen-bond donors (Lipinski definition) is 2. The van der Waals surface area contributed by atoms with Crippen molar-refractivity contribution in [2.24, 2.45) is 23.5 Å². The molecule has 1 saturated heterocycles. The van der Waals surface area contributed by atoms with Crippen LogP contribution >= 0.6 is 0 Å². The fourth-order valence-electron chi connectivity index (χ4n) is 3.35. The van der Waals surface area contributed by atoms with Crippen LogP contribution in [0.1, 0.15) is 39.0 Å². The number of hydrogen-bond acceptors (Lipinski definition) is 3. The van der Waals surface area contributed by atoms with Gasteiger partial charge in [0.05, 0.1) is 11.8 Å². The van der Waals surface area contributed by atoms with Gasteiger partial charge in [-0.15, -0.1) is 0 Å². The van der Waals surface area contributed by atoms with E-state index in [4.69, 9.17) is 10.8 Å². The van der Waals surface area contributed by atoms with Gasteiger partial charge in [-0.25, -0.2) is 0 Å². The Morgan fingerprint density at radius 3 is 2.42 bits per heavy atom. The number of nitrogens with zero attached hydrogens (tertiary/aromatic N) is 1. The van der Waals surface area contributed by atoms with E-state index in [1.165, 1.54) is 0 Å². The first-order valence-corrected chi connectivity index (χ1v) is 7.28. The van der Waals surface area contributed by atoms with Crippen LogP contribution < -0.4 is 5.73 Å². The zero-order valence-electron chi connectivity index (χ0n) is 11.5. The van der Waals surface area contributed by atoms with E-state index in [0.717, 1.165) is 32.1 Å². The Morgan fingerprint density at radius 2 is 1.79 bits per heavy atom. The molecule has 5 nitrogen and oxygen atoms in total. The third kappa shape index (κ3) is 3.08. The minimum atomic E-state index is -0.798. The Hall–Kier alpha value is -1.10. The van der Waals surface area contributed by atoms with Gasteiger partial charge in [-0.05, 0) is 18.8 Å². The number of carboxylic acid groups (broad SMARTS) is 1. The molecule has 0 radical (unpaired) electrons. The third-order valence-corrected chi connectivity index (χ3v) is 4.63. The van der Waals surface area contributed by atoms with Crippen molar-refractivity contribution in [3.63, 3.8) is 0 Å². The normalized spacial score (nSPS) is 36.0. The van der Waals surface area contributed by atoms with E-state index < -0.39 is 11.9 Å². The number of amides is 1. The average molecular weight is 268 g/mol. The molecule has 4 atom stereocenters. The van der Waals surface area contributed by atoms with E-state index in [2.05, 4.69) is 0 Å². The quantitative estimate of drug-likeness (QED) is 0.734. The summed E-state index contributed by atoms with van der Waals surface area (Å²) in [5, 5.41) is 9.13. The van der Waals surface area contributed by atoms with Gasteiger partial charge in [0.2, 0.25) is 5.91 Å². The van der Waals surface area contributed by atoms with Gasteiger partial charge in [-0.1, -0.05) is 26.2 Å². The molecule has 2 unspecified atom stereocenters. The molecular formula is C14H24N2O3. The second-order valence-electron chi connectivity index (χ2n) is 6.07.